The molecule has 3 N–H and O–H groups in total. The van der Waals surface area contributed by atoms with Crippen molar-refractivity contribution >= 4 is 27.1 Å². The Morgan fingerprint density at radius 2 is 2.21 bits per heavy atom. The van der Waals surface area contributed by atoms with Gasteiger partial charge in [0.2, 0.25) is 16.0 Å². The molecule has 0 fully saturated rings. The zero-order valence-corrected chi connectivity index (χ0v) is 11.7. The van der Waals surface area contributed by atoms with E-state index in [9.17, 15) is 8.42 Å². The fourth-order valence-electron chi connectivity index (χ4n) is 1.87. The van der Waals surface area contributed by atoms with Crippen molar-refractivity contribution in [2.75, 3.05) is 18.5 Å². The standard InChI is InChI=1S/C11H17N5O2S/c1-8-4-6-13-10-9(8)15-11(12)16(10)7-3-5-14-19(2,17)18/h4,6,14H,3,5,7H2,1-2H3,(H2,12,15). The first-order chi connectivity index (χ1) is 8.88. The van der Waals surface area contributed by atoms with Gasteiger partial charge in [0, 0.05) is 19.3 Å². The third kappa shape index (κ3) is 3.21. The number of fused-ring (bicyclic) bond motifs is 1. The lowest BCUT2D eigenvalue weighted by molar-refractivity contribution is 0.578. The van der Waals surface area contributed by atoms with Gasteiger partial charge in [-0.3, -0.25) is 4.57 Å². The van der Waals surface area contributed by atoms with Gasteiger partial charge in [-0.25, -0.2) is 23.1 Å². The predicted octanol–water partition coefficient (Wildman–Crippen LogP) is 0.261. The average Bonchev–Trinajstić information content (AvgIpc) is 2.62. The minimum atomic E-state index is -3.15. The van der Waals surface area contributed by atoms with Crippen LogP contribution in [0.4, 0.5) is 5.95 Å². The molecule has 0 aliphatic carbocycles. The van der Waals surface area contributed by atoms with Crippen molar-refractivity contribution in [3.05, 3.63) is 17.8 Å². The number of rotatable bonds is 5. The van der Waals surface area contributed by atoms with Crippen molar-refractivity contribution < 1.29 is 8.42 Å². The minimum Gasteiger partial charge on any atom is -0.369 e. The van der Waals surface area contributed by atoms with Crippen molar-refractivity contribution in [3.63, 3.8) is 0 Å². The number of nitrogen functional groups attached to an aromatic ring is 1. The molecule has 2 aromatic rings. The van der Waals surface area contributed by atoms with Crippen LogP contribution in [0.3, 0.4) is 0 Å². The van der Waals surface area contributed by atoms with E-state index in [2.05, 4.69) is 14.7 Å². The van der Waals surface area contributed by atoms with Gasteiger partial charge in [0.05, 0.1) is 6.26 Å². The number of anilines is 1. The largest absolute Gasteiger partial charge is 0.369 e. The van der Waals surface area contributed by atoms with Crippen LogP contribution in [0.5, 0.6) is 0 Å². The lowest BCUT2D eigenvalue weighted by atomic mass is 10.3. The summed E-state index contributed by atoms with van der Waals surface area (Å²) in [5.74, 6) is 0.399. The van der Waals surface area contributed by atoms with E-state index >= 15 is 0 Å². The van der Waals surface area contributed by atoms with E-state index in [0.717, 1.165) is 23.0 Å². The van der Waals surface area contributed by atoms with Crippen LogP contribution in [-0.2, 0) is 16.6 Å². The molecule has 0 saturated heterocycles. The van der Waals surface area contributed by atoms with E-state index in [4.69, 9.17) is 5.73 Å². The second-order valence-electron chi connectivity index (χ2n) is 4.44. The summed E-state index contributed by atoms with van der Waals surface area (Å²) in [6.45, 7) is 2.89. The number of hydrogen-bond acceptors (Lipinski definition) is 5. The molecule has 0 saturated carbocycles. The molecule has 19 heavy (non-hydrogen) atoms. The molecule has 0 spiro atoms. The molecular formula is C11H17N5O2S. The van der Waals surface area contributed by atoms with Crippen molar-refractivity contribution in [2.24, 2.45) is 0 Å². The summed E-state index contributed by atoms with van der Waals surface area (Å²) in [5, 5.41) is 0. The number of hydrogen-bond donors (Lipinski definition) is 2. The summed E-state index contributed by atoms with van der Waals surface area (Å²) < 4.78 is 26.1. The van der Waals surface area contributed by atoms with E-state index in [0.29, 0.717) is 25.5 Å². The van der Waals surface area contributed by atoms with E-state index in [1.807, 2.05) is 13.0 Å². The van der Waals surface area contributed by atoms with Crippen LogP contribution in [-0.4, -0.2) is 35.8 Å². The average molecular weight is 283 g/mol. The van der Waals surface area contributed by atoms with Gasteiger partial charge in [0.15, 0.2) is 5.65 Å². The highest BCUT2D eigenvalue weighted by molar-refractivity contribution is 7.88. The van der Waals surface area contributed by atoms with Crippen LogP contribution in [0.1, 0.15) is 12.0 Å². The van der Waals surface area contributed by atoms with Crippen LogP contribution < -0.4 is 10.5 Å². The molecule has 2 rings (SSSR count). The van der Waals surface area contributed by atoms with E-state index in [1.54, 1.807) is 10.8 Å². The molecule has 8 heteroatoms. The number of pyridine rings is 1. The Hall–Kier alpha value is -1.67. The molecule has 7 nitrogen and oxygen atoms in total. The summed E-state index contributed by atoms with van der Waals surface area (Å²) in [4.78, 5) is 8.55. The summed E-state index contributed by atoms with van der Waals surface area (Å²) in [6, 6.07) is 1.88. The topological polar surface area (TPSA) is 103 Å². The first-order valence-electron chi connectivity index (χ1n) is 5.90. The van der Waals surface area contributed by atoms with Crippen LogP contribution in [0.25, 0.3) is 11.2 Å². The first kappa shape index (κ1) is 13.8. The zero-order valence-electron chi connectivity index (χ0n) is 10.9. The Morgan fingerprint density at radius 3 is 2.89 bits per heavy atom. The second-order valence-corrected chi connectivity index (χ2v) is 6.27. The number of aryl methyl sites for hydroxylation is 2. The molecule has 0 aliphatic rings. The second kappa shape index (κ2) is 5.14. The predicted molar refractivity (Wildman–Crippen MR) is 74.1 cm³/mol. The zero-order chi connectivity index (χ0) is 14.0. The quantitative estimate of drug-likeness (QED) is 0.766. The molecule has 0 aromatic carbocycles. The molecule has 2 heterocycles. The van der Waals surface area contributed by atoms with Gasteiger partial charge in [-0.05, 0) is 25.0 Å². The van der Waals surface area contributed by atoms with Gasteiger partial charge in [-0.15, -0.1) is 0 Å². The molecule has 0 amide bonds. The minimum absolute atomic E-state index is 0.365. The Balaban J connectivity index is 2.13. The molecule has 2 aromatic heterocycles. The van der Waals surface area contributed by atoms with Gasteiger partial charge < -0.3 is 5.73 Å². The van der Waals surface area contributed by atoms with Gasteiger partial charge in [0.25, 0.3) is 0 Å². The monoisotopic (exact) mass is 283 g/mol. The fraction of sp³-hybridized carbons (Fsp3) is 0.455. The molecule has 0 atom stereocenters. The molecule has 0 aliphatic heterocycles. The third-order valence-electron chi connectivity index (χ3n) is 2.79. The number of sulfonamides is 1. The van der Waals surface area contributed by atoms with Gasteiger partial charge >= 0.3 is 0 Å². The van der Waals surface area contributed by atoms with Crippen molar-refractivity contribution in [3.8, 4) is 0 Å². The highest BCUT2D eigenvalue weighted by Crippen LogP contribution is 2.18. The van der Waals surface area contributed by atoms with Crippen molar-refractivity contribution in [1.29, 1.82) is 0 Å². The number of nitrogens with zero attached hydrogens (tertiary/aromatic N) is 3. The van der Waals surface area contributed by atoms with Crippen LogP contribution in [0, 0.1) is 6.92 Å². The smallest absolute Gasteiger partial charge is 0.208 e. The summed E-state index contributed by atoms with van der Waals surface area (Å²) in [7, 11) is -3.15. The Labute approximate surface area is 111 Å². The number of aromatic nitrogens is 3. The number of imidazole rings is 1. The highest BCUT2D eigenvalue weighted by Gasteiger charge is 2.10. The Morgan fingerprint density at radius 1 is 1.47 bits per heavy atom. The maximum atomic E-state index is 10.9. The summed E-state index contributed by atoms with van der Waals surface area (Å²) in [6.07, 6.45) is 3.47. The normalized spacial score (nSPS) is 12.1. The van der Waals surface area contributed by atoms with Gasteiger partial charge in [-0.1, -0.05) is 0 Å². The van der Waals surface area contributed by atoms with Gasteiger partial charge in [-0.2, -0.15) is 0 Å². The molecule has 0 radical (unpaired) electrons. The van der Waals surface area contributed by atoms with Crippen LogP contribution in [0.2, 0.25) is 0 Å². The van der Waals surface area contributed by atoms with E-state index < -0.39 is 10.0 Å². The Bertz CT molecular complexity index is 692. The molecule has 0 bridgehead atoms. The van der Waals surface area contributed by atoms with Crippen LogP contribution >= 0.6 is 0 Å². The SMILES string of the molecule is Cc1ccnc2c1nc(N)n2CCCNS(C)(=O)=O. The fourth-order valence-corrected chi connectivity index (χ4v) is 2.39. The van der Waals surface area contributed by atoms with Crippen LogP contribution in [0.15, 0.2) is 12.3 Å². The van der Waals surface area contributed by atoms with Crippen molar-refractivity contribution in [1.82, 2.24) is 19.3 Å². The maximum Gasteiger partial charge on any atom is 0.208 e. The third-order valence-corrected chi connectivity index (χ3v) is 3.52. The highest BCUT2D eigenvalue weighted by atomic mass is 32.2. The van der Waals surface area contributed by atoms with E-state index in [-0.39, 0.29) is 0 Å². The molecule has 0 unspecified atom stereocenters. The molecular weight excluding hydrogens is 266 g/mol. The molecule has 104 valence electrons. The lowest BCUT2D eigenvalue weighted by Gasteiger charge is -2.06. The number of nitrogens with one attached hydrogen (secondary N) is 1. The lowest BCUT2D eigenvalue weighted by Crippen LogP contribution is -2.24. The van der Waals surface area contributed by atoms with E-state index in [1.165, 1.54) is 0 Å². The first-order valence-corrected chi connectivity index (χ1v) is 7.79. The summed E-state index contributed by atoms with van der Waals surface area (Å²) in [5.41, 5.74) is 8.40. The summed E-state index contributed by atoms with van der Waals surface area (Å²) >= 11 is 0. The number of nitrogens with two attached hydrogens (primary N) is 1. The Kier molecular flexibility index (Phi) is 3.72. The van der Waals surface area contributed by atoms with Crippen molar-refractivity contribution in [2.45, 2.75) is 19.9 Å². The maximum absolute atomic E-state index is 10.9. The van der Waals surface area contributed by atoms with Gasteiger partial charge in [0.1, 0.15) is 5.52 Å².